The smallest absolute Gasteiger partial charge is 0.257 e. The number of imidazole rings is 1. The van der Waals surface area contributed by atoms with Crippen molar-refractivity contribution in [2.75, 3.05) is 44.8 Å². The van der Waals surface area contributed by atoms with Crippen molar-refractivity contribution in [1.29, 1.82) is 0 Å². The first-order valence-corrected chi connectivity index (χ1v) is 11.3. The minimum absolute atomic E-state index is 0.265. The van der Waals surface area contributed by atoms with Crippen molar-refractivity contribution in [3.63, 3.8) is 0 Å². The number of hydrogen-bond donors (Lipinski definition) is 1. The fourth-order valence-electron chi connectivity index (χ4n) is 3.64. The number of carbonyl (C=O) groups excluding carboxylic acids is 1. The predicted octanol–water partition coefficient (Wildman–Crippen LogP) is 2.49. The molecule has 9 nitrogen and oxygen atoms in total. The summed E-state index contributed by atoms with van der Waals surface area (Å²) in [6.45, 7) is 4.90. The van der Waals surface area contributed by atoms with Crippen LogP contribution in [0.5, 0.6) is 5.75 Å². The van der Waals surface area contributed by atoms with Crippen molar-refractivity contribution in [3.8, 4) is 17.6 Å². The number of pyridine rings is 1. The maximum atomic E-state index is 12.7. The number of nitrogens with zero attached hydrogens (tertiary/aromatic N) is 5. The van der Waals surface area contributed by atoms with Gasteiger partial charge in [0, 0.05) is 49.5 Å². The molecule has 1 saturated heterocycles. The van der Waals surface area contributed by atoms with Gasteiger partial charge < -0.3 is 14.8 Å². The van der Waals surface area contributed by atoms with E-state index >= 15 is 0 Å². The molecule has 0 aliphatic carbocycles. The summed E-state index contributed by atoms with van der Waals surface area (Å²) in [7, 11) is 0. The fraction of sp³-hybridized carbons (Fsp3) is 0.231. The molecule has 0 bridgehead atoms. The predicted molar refractivity (Wildman–Crippen MR) is 130 cm³/mol. The number of ether oxygens (including phenoxy) is 2. The van der Waals surface area contributed by atoms with E-state index in [1.54, 1.807) is 29.2 Å². The van der Waals surface area contributed by atoms with Crippen LogP contribution in [0.1, 0.15) is 21.6 Å². The van der Waals surface area contributed by atoms with Gasteiger partial charge in [0.25, 0.3) is 5.91 Å². The van der Waals surface area contributed by atoms with E-state index in [9.17, 15) is 4.79 Å². The Morgan fingerprint density at radius 3 is 2.80 bits per heavy atom. The molecule has 0 unspecified atom stereocenters. The highest BCUT2D eigenvalue weighted by molar-refractivity contribution is 6.04. The number of hydrogen-bond acceptors (Lipinski definition) is 7. The Bertz CT molecular complexity index is 1370. The SMILES string of the molecule is O=C(Nc1ccc(OCCN2CCOCC2)cc1)c1cncc(C#Cc2cnc3cccnn23)c1. The van der Waals surface area contributed by atoms with Gasteiger partial charge in [-0.1, -0.05) is 5.92 Å². The van der Waals surface area contributed by atoms with Crippen LogP contribution in [0.25, 0.3) is 5.65 Å². The van der Waals surface area contributed by atoms with Gasteiger partial charge in [0.05, 0.1) is 25.0 Å². The number of aromatic nitrogens is 4. The molecule has 1 fully saturated rings. The summed E-state index contributed by atoms with van der Waals surface area (Å²) in [5, 5.41) is 7.13. The molecule has 1 aromatic carbocycles. The first kappa shape index (κ1) is 22.5. The van der Waals surface area contributed by atoms with Gasteiger partial charge in [-0.05, 0) is 48.4 Å². The number of nitrogens with one attached hydrogen (secondary N) is 1. The van der Waals surface area contributed by atoms with Gasteiger partial charge in [-0.25, -0.2) is 9.50 Å². The highest BCUT2D eigenvalue weighted by atomic mass is 16.5. The zero-order valence-electron chi connectivity index (χ0n) is 19.1. The zero-order chi connectivity index (χ0) is 23.9. The second-order valence-corrected chi connectivity index (χ2v) is 7.93. The Morgan fingerprint density at radius 1 is 1.09 bits per heavy atom. The summed E-state index contributed by atoms with van der Waals surface area (Å²) in [4.78, 5) is 23.5. The number of morpholine rings is 1. The van der Waals surface area contributed by atoms with Crippen LogP contribution in [0.2, 0.25) is 0 Å². The maximum absolute atomic E-state index is 12.7. The molecule has 4 heterocycles. The Kier molecular flexibility index (Phi) is 6.94. The Morgan fingerprint density at radius 2 is 1.94 bits per heavy atom. The summed E-state index contributed by atoms with van der Waals surface area (Å²) in [6.07, 6.45) is 6.47. The molecule has 0 spiro atoms. The van der Waals surface area contributed by atoms with Crippen molar-refractivity contribution in [3.05, 3.63) is 84.1 Å². The molecular formula is C26H24N6O3. The summed E-state index contributed by atoms with van der Waals surface area (Å²) in [5.41, 5.74) is 3.08. The molecule has 1 aliphatic heterocycles. The van der Waals surface area contributed by atoms with Gasteiger partial charge in [0.2, 0.25) is 0 Å². The number of benzene rings is 1. The standard InChI is InChI=1S/C26H24N6O3/c33-26(30-22-4-7-24(8-5-22)35-15-12-31-10-13-34-14-11-31)21-16-20(17-27-18-21)3-6-23-19-28-25-2-1-9-29-32(23)25/h1-2,4-5,7-9,16-19H,10-15H2,(H,30,33). The van der Waals surface area contributed by atoms with Crippen molar-refractivity contribution < 1.29 is 14.3 Å². The third-order valence-electron chi connectivity index (χ3n) is 5.51. The lowest BCUT2D eigenvalue weighted by Crippen LogP contribution is -2.38. The number of carbonyl (C=O) groups is 1. The monoisotopic (exact) mass is 468 g/mol. The highest BCUT2D eigenvalue weighted by Gasteiger charge is 2.10. The van der Waals surface area contributed by atoms with Gasteiger partial charge >= 0.3 is 0 Å². The molecule has 35 heavy (non-hydrogen) atoms. The molecule has 5 rings (SSSR count). The van der Waals surface area contributed by atoms with E-state index in [0.29, 0.717) is 29.1 Å². The minimum Gasteiger partial charge on any atom is -0.492 e. The average molecular weight is 469 g/mol. The van der Waals surface area contributed by atoms with Crippen molar-refractivity contribution in [2.45, 2.75) is 0 Å². The molecule has 0 atom stereocenters. The van der Waals surface area contributed by atoms with Gasteiger partial charge in [0.1, 0.15) is 18.1 Å². The number of anilines is 1. The van der Waals surface area contributed by atoms with E-state index in [1.807, 2.05) is 36.4 Å². The topological polar surface area (TPSA) is 93.9 Å². The molecular weight excluding hydrogens is 444 g/mol. The van der Waals surface area contributed by atoms with Gasteiger partial charge in [-0.15, -0.1) is 0 Å². The van der Waals surface area contributed by atoms with Crippen LogP contribution < -0.4 is 10.1 Å². The lowest BCUT2D eigenvalue weighted by molar-refractivity contribution is 0.0322. The van der Waals surface area contributed by atoms with Gasteiger partial charge in [-0.2, -0.15) is 5.10 Å². The lowest BCUT2D eigenvalue weighted by atomic mass is 10.2. The van der Waals surface area contributed by atoms with E-state index in [2.05, 4.69) is 37.1 Å². The molecule has 0 radical (unpaired) electrons. The molecule has 0 saturated carbocycles. The van der Waals surface area contributed by atoms with Crippen LogP contribution in [0, 0.1) is 11.8 Å². The third-order valence-corrected chi connectivity index (χ3v) is 5.51. The van der Waals surface area contributed by atoms with Crippen molar-refractivity contribution in [1.82, 2.24) is 24.5 Å². The maximum Gasteiger partial charge on any atom is 0.257 e. The molecule has 9 heteroatoms. The Balaban J connectivity index is 1.18. The Labute approximate surface area is 202 Å². The van der Waals surface area contributed by atoms with Crippen LogP contribution >= 0.6 is 0 Å². The summed E-state index contributed by atoms with van der Waals surface area (Å²) >= 11 is 0. The van der Waals surface area contributed by atoms with Crippen molar-refractivity contribution in [2.24, 2.45) is 0 Å². The molecule has 1 amide bonds. The van der Waals surface area contributed by atoms with E-state index in [-0.39, 0.29) is 5.91 Å². The van der Waals surface area contributed by atoms with E-state index < -0.39 is 0 Å². The molecule has 1 aliphatic rings. The second kappa shape index (κ2) is 10.8. The highest BCUT2D eigenvalue weighted by Crippen LogP contribution is 2.17. The quantitative estimate of drug-likeness (QED) is 0.435. The summed E-state index contributed by atoms with van der Waals surface area (Å²) in [5.74, 6) is 6.56. The number of amides is 1. The normalized spacial score (nSPS) is 13.7. The van der Waals surface area contributed by atoms with Crippen LogP contribution in [-0.2, 0) is 4.74 Å². The zero-order valence-corrected chi connectivity index (χ0v) is 19.1. The molecule has 3 aromatic heterocycles. The lowest BCUT2D eigenvalue weighted by Gasteiger charge is -2.26. The summed E-state index contributed by atoms with van der Waals surface area (Å²) in [6, 6.07) is 12.7. The first-order valence-electron chi connectivity index (χ1n) is 11.3. The third kappa shape index (κ3) is 5.81. The van der Waals surface area contributed by atoms with E-state index in [4.69, 9.17) is 9.47 Å². The van der Waals surface area contributed by atoms with Crippen molar-refractivity contribution >= 4 is 17.2 Å². The molecule has 176 valence electrons. The van der Waals surface area contributed by atoms with Gasteiger partial charge in [0.15, 0.2) is 5.65 Å². The van der Waals surface area contributed by atoms with E-state index in [0.717, 1.165) is 44.2 Å². The first-order chi connectivity index (χ1) is 17.2. The largest absolute Gasteiger partial charge is 0.492 e. The summed E-state index contributed by atoms with van der Waals surface area (Å²) < 4.78 is 12.8. The fourth-order valence-corrected chi connectivity index (χ4v) is 3.64. The Hall–Kier alpha value is -4.26. The number of rotatable bonds is 6. The number of fused-ring (bicyclic) bond motifs is 1. The van der Waals surface area contributed by atoms with Crippen LogP contribution in [-0.4, -0.2) is 69.8 Å². The van der Waals surface area contributed by atoms with E-state index in [1.165, 1.54) is 6.20 Å². The van der Waals surface area contributed by atoms with Gasteiger partial charge in [-0.3, -0.25) is 14.7 Å². The average Bonchev–Trinajstić information content (AvgIpc) is 3.32. The van der Waals surface area contributed by atoms with Crippen LogP contribution in [0.3, 0.4) is 0 Å². The molecule has 1 N–H and O–H groups in total. The molecule has 4 aromatic rings. The minimum atomic E-state index is -0.265. The van der Waals surface area contributed by atoms with Crippen LogP contribution in [0.15, 0.2) is 67.3 Å². The van der Waals surface area contributed by atoms with Crippen LogP contribution in [0.4, 0.5) is 5.69 Å². The second-order valence-electron chi connectivity index (χ2n) is 7.93.